The first kappa shape index (κ1) is 11.3. The normalized spacial score (nSPS) is 10.2. The molecule has 1 aromatic heterocycles. The summed E-state index contributed by atoms with van der Waals surface area (Å²) in [6, 6.07) is 8.39. The molecule has 0 saturated carbocycles. The van der Waals surface area contributed by atoms with Gasteiger partial charge in [-0.1, -0.05) is 0 Å². The Morgan fingerprint density at radius 3 is 2.41 bits per heavy atom. The second kappa shape index (κ2) is 4.33. The van der Waals surface area contributed by atoms with E-state index < -0.39 is 5.43 Å². The molecule has 2 aromatic rings. The smallest absolute Gasteiger partial charge is 0.227 e. The molecule has 4 heteroatoms. The summed E-state index contributed by atoms with van der Waals surface area (Å²) in [5, 5.41) is 9.33. The average molecular weight is 232 g/mol. The molecule has 0 aliphatic heterocycles. The van der Waals surface area contributed by atoms with E-state index >= 15 is 0 Å². The third kappa shape index (κ3) is 2.15. The van der Waals surface area contributed by atoms with Gasteiger partial charge < -0.3 is 14.3 Å². The average Bonchev–Trinajstić information content (AvgIpc) is 2.35. The van der Waals surface area contributed by atoms with E-state index in [1.807, 2.05) is 0 Å². The van der Waals surface area contributed by atoms with Crippen LogP contribution in [0, 0.1) is 6.92 Å². The molecule has 4 nitrogen and oxygen atoms in total. The molecule has 0 radical (unpaired) electrons. The van der Waals surface area contributed by atoms with E-state index in [1.165, 1.54) is 6.07 Å². The van der Waals surface area contributed by atoms with Crippen molar-refractivity contribution in [2.75, 3.05) is 7.11 Å². The summed E-state index contributed by atoms with van der Waals surface area (Å²) in [6.45, 7) is 1.55. The standard InChI is InChI=1S/C13H12O4/c1-8-13(15)11(14)7-12(17-8)9-3-5-10(16-2)6-4-9/h3-7,15H,1-2H3. The molecule has 17 heavy (non-hydrogen) atoms. The van der Waals surface area contributed by atoms with Crippen molar-refractivity contribution < 1.29 is 14.3 Å². The summed E-state index contributed by atoms with van der Waals surface area (Å²) in [6.07, 6.45) is 0. The molecule has 0 aliphatic rings. The third-order valence-electron chi connectivity index (χ3n) is 2.47. The third-order valence-corrected chi connectivity index (χ3v) is 2.47. The highest BCUT2D eigenvalue weighted by atomic mass is 16.5. The number of hydrogen-bond acceptors (Lipinski definition) is 4. The zero-order valence-electron chi connectivity index (χ0n) is 9.56. The number of hydrogen-bond donors (Lipinski definition) is 1. The van der Waals surface area contributed by atoms with Crippen molar-refractivity contribution in [2.45, 2.75) is 6.92 Å². The van der Waals surface area contributed by atoms with Gasteiger partial charge in [0.2, 0.25) is 11.2 Å². The minimum atomic E-state index is -0.445. The van der Waals surface area contributed by atoms with Crippen molar-refractivity contribution >= 4 is 0 Å². The van der Waals surface area contributed by atoms with Crippen LogP contribution in [0.1, 0.15) is 5.76 Å². The highest BCUT2D eigenvalue weighted by Gasteiger charge is 2.08. The fraction of sp³-hybridized carbons (Fsp3) is 0.154. The summed E-state index contributed by atoms with van der Waals surface area (Å²) in [5.41, 5.74) is 0.311. The van der Waals surface area contributed by atoms with E-state index in [0.717, 1.165) is 11.3 Å². The lowest BCUT2D eigenvalue weighted by Crippen LogP contribution is -2.00. The van der Waals surface area contributed by atoms with Crippen LogP contribution in [-0.2, 0) is 0 Å². The molecule has 2 rings (SSSR count). The Bertz CT molecular complexity index is 581. The molecule has 1 aromatic carbocycles. The molecule has 0 unspecified atom stereocenters. The Morgan fingerprint density at radius 1 is 1.24 bits per heavy atom. The largest absolute Gasteiger partial charge is 0.502 e. The molecular formula is C13H12O4. The van der Waals surface area contributed by atoms with Crippen LogP contribution < -0.4 is 10.2 Å². The molecule has 1 N–H and O–H groups in total. The van der Waals surface area contributed by atoms with Gasteiger partial charge in [0, 0.05) is 11.6 Å². The molecule has 0 aliphatic carbocycles. The van der Waals surface area contributed by atoms with Gasteiger partial charge in [-0.2, -0.15) is 0 Å². The quantitative estimate of drug-likeness (QED) is 0.863. The number of aryl methyl sites for hydroxylation is 1. The Hall–Kier alpha value is -2.23. The Kier molecular flexibility index (Phi) is 2.87. The lowest BCUT2D eigenvalue weighted by atomic mass is 10.1. The summed E-state index contributed by atoms with van der Waals surface area (Å²) < 4.78 is 10.4. The summed E-state index contributed by atoms with van der Waals surface area (Å²) in [4.78, 5) is 11.4. The summed E-state index contributed by atoms with van der Waals surface area (Å²) in [5.74, 6) is 1.02. The van der Waals surface area contributed by atoms with Gasteiger partial charge in [-0.25, -0.2) is 0 Å². The van der Waals surface area contributed by atoms with Crippen molar-refractivity contribution in [3.05, 3.63) is 46.3 Å². The monoisotopic (exact) mass is 232 g/mol. The number of ether oxygens (including phenoxy) is 1. The minimum Gasteiger partial charge on any atom is -0.502 e. The number of rotatable bonds is 2. The molecule has 0 fully saturated rings. The zero-order valence-corrected chi connectivity index (χ0v) is 9.56. The first-order valence-electron chi connectivity index (χ1n) is 5.10. The van der Waals surface area contributed by atoms with Crippen LogP contribution in [0.4, 0.5) is 0 Å². The van der Waals surface area contributed by atoms with Crippen LogP contribution in [0.5, 0.6) is 11.5 Å². The predicted octanol–water partition coefficient (Wildman–Crippen LogP) is 2.33. The van der Waals surface area contributed by atoms with E-state index in [9.17, 15) is 9.90 Å². The van der Waals surface area contributed by atoms with Crippen LogP contribution in [0.25, 0.3) is 11.3 Å². The van der Waals surface area contributed by atoms with Crippen molar-refractivity contribution in [2.24, 2.45) is 0 Å². The Labute approximate surface area is 98.1 Å². The second-order valence-electron chi connectivity index (χ2n) is 3.61. The number of methoxy groups -OCH3 is 1. The number of benzene rings is 1. The fourth-order valence-electron chi connectivity index (χ4n) is 1.50. The van der Waals surface area contributed by atoms with Crippen molar-refractivity contribution in [3.8, 4) is 22.8 Å². The molecular weight excluding hydrogens is 220 g/mol. The highest BCUT2D eigenvalue weighted by Crippen LogP contribution is 2.24. The van der Waals surface area contributed by atoms with Crippen molar-refractivity contribution in [3.63, 3.8) is 0 Å². The van der Waals surface area contributed by atoms with Crippen LogP contribution in [-0.4, -0.2) is 12.2 Å². The predicted molar refractivity (Wildman–Crippen MR) is 63.4 cm³/mol. The molecule has 0 saturated heterocycles. The first-order valence-corrected chi connectivity index (χ1v) is 5.10. The second-order valence-corrected chi connectivity index (χ2v) is 3.61. The first-order chi connectivity index (χ1) is 8.11. The minimum absolute atomic E-state index is 0.211. The maximum Gasteiger partial charge on any atom is 0.227 e. The highest BCUT2D eigenvalue weighted by molar-refractivity contribution is 5.58. The van der Waals surface area contributed by atoms with E-state index in [0.29, 0.717) is 5.76 Å². The van der Waals surface area contributed by atoms with Gasteiger partial charge in [-0.3, -0.25) is 4.79 Å². The topological polar surface area (TPSA) is 59.7 Å². The lowest BCUT2D eigenvalue weighted by molar-refractivity contribution is 0.413. The SMILES string of the molecule is COc1ccc(-c2cc(=O)c(O)c(C)o2)cc1. The van der Waals surface area contributed by atoms with Crippen molar-refractivity contribution in [1.29, 1.82) is 0 Å². The molecule has 0 spiro atoms. The van der Waals surface area contributed by atoms with E-state index in [2.05, 4.69) is 0 Å². The van der Waals surface area contributed by atoms with Crippen LogP contribution in [0.3, 0.4) is 0 Å². The maximum atomic E-state index is 11.4. The van der Waals surface area contributed by atoms with E-state index in [1.54, 1.807) is 38.3 Å². The van der Waals surface area contributed by atoms with Crippen LogP contribution >= 0.6 is 0 Å². The maximum absolute atomic E-state index is 11.4. The lowest BCUT2D eigenvalue weighted by Gasteiger charge is -2.04. The van der Waals surface area contributed by atoms with Crippen molar-refractivity contribution in [1.82, 2.24) is 0 Å². The van der Waals surface area contributed by atoms with Gasteiger partial charge in [0.15, 0.2) is 0 Å². The zero-order chi connectivity index (χ0) is 12.4. The molecule has 0 amide bonds. The Balaban J connectivity index is 2.49. The number of aromatic hydroxyl groups is 1. The molecule has 0 atom stereocenters. The summed E-state index contributed by atoms with van der Waals surface area (Å²) in [7, 11) is 1.58. The van der Waals surface area contributed by atoms with E-state index in [-0.39, 0.29) is 11.5 Å². The van der Waals surface area contributed by atoms with Gasteiger partial charge in [-0.05, 0) is 31.2 Å². The van der Waals surface area contributed by atoms with E-state index in [4.69, 9.17) is 9.15 Å². The van der Waals surface area contributed by atoms with Gasteiger partial charge >= 0.3 is 0 Å². The Morgan fingerprint density at radius 2 is 1.88 bits per heavy atom. The van der Waals surface area contributed by atoms with Gasteiger partial charge in [0.25, 0.3) is 0 Å². The molecule has 1 heterocycles. The molecule has 88 valence electrons. The van der Waals surface area contributed by atoms with Crippen LogP contribution in [0.2, 0.25) is 0 Å². The van der Waals surface area contributed by atoms with Gasteiger partial charge in [0.1, 0.15) is 17.3 Å². The van der Waals surface area contributed by atoms with Crippen LogP contribution in [0.15, 0.2) is 39.5 Å². The summed E-state index contributed by atoms with van der Waals surface area (Å²) >= 11 is 0. The molecule has 0 bridgehead atoms. The van der Waals surface area contributed by atoms with Gasteiger partial charge in [0.05, 0.1) is 7.11 Å². The van der Waals surface area contributed by atoms with Gasteiger partial charge in [-0.15, -0.1) is 0 Å². The fourth-order valence-corrected chi connectivity index (χ4v) is 1.50.